The number of oxime groups is 1. The minimum absolute atomic E-state index is 0.176. The lowest BCUT2D eigenvalue weighted by Gasteiger charge is -2.09. The zero-order valence-electron chi connectivity index (χ0n) is 11.7. The van der Waals surface area contributed by atoms with Gasteiger partial charge in [0, 0.05) is 21.3 Å². The zero-order valence-corrected chi connectivity index (χ0v) is 13.3. The van der Waals surface area contributed by atoms with Crippen LogP contribution in [0.1, 0.15) is 28.4 Å². The van der Waals surface area contributed by atoms with Crippen LogP contribution in [0.5, 0.6) is 0 Å². The summed E-state index contributed by atoms with van der Waals surface area (Å²) >= 11 is 3.37. The third-order valence-corrected chi connectivity index (χ3v) is 3.63. The van der Waals surface area contributed by atoms with Crippen molar-refractivity contribution in [2.24, 2.45) is 5.16 Å². The number of amides is 1. The van der Waals surface area contributed by atoms with Crippen LogP contribution in [0.4, 0.5) is 5.69 Å². The number of carbonyl (C=O) groups is 1. The molecule has 0 aliphatic carbocycles. The molecule has 0 aliphatic heterocycles. The fraction of sp³-hybridized carbons (Fsp3) is 0.125. The summed E-state index contributed by atoms with van der Waals surface area (Å²) < 4.78 is 0.857. The van der Waals surface area contributed by atoms with Crippen molar-refractivity contribution < 1.29 is 10.0 Å². The first kappa shape index (κ1) is 15.3. The van der Waals surface area contributed by atoms with Gasteiger partial charge in [-0.15, -0.1) is 0 Å². The Hall–Kier alpha value is -2.14. The van der Waals surface area contributed by atoms with Gasteiger partial charge in [-0.25, -0.2) is 0 Å². The van der Waals surface area contributed by atoms with E-state index in [-0.39, 0.29) is 5.91 Å². The number of aryl methyl sites for hydroxylation is 1. The molecule has 2 aromatic rings. The Labute approximate surface area is 131 Å². The van der Waals surface area contributed by atoms with Crippen molar-refractivity contribution in [3.8, 4) is 0 Å². The fourth-order valence-electron chi connectivity index (χ4n) is 1.92. The molecule has 2 rings (SSSR count). The maximum Gasteiger partial charge on any atom is 0.255 e. The van der Waals surface area contributed by atoms with Crippen molar-refractivity contribution >= 4 is 33.2 Å². The molecule has 2 aromatic carbocycles. The highest BCUT2D eigenvalue weighted by Gasteiger charge is 2.10. The van der Waals surface area contributed by atoms with Crippen molar-refractivity contribution in [3.05, 3.63) is 63.6 Å². The van der Waals surface area contributed by atoms with Crippen LogP contribution in [-0.2, 0) is 0 Å². The lowest BCUT2D eigenvalue weighted by molar-refractivity contribution is 0.102. The summed E-state index contributed by atoms with van der Waals surface area (Å²) in [5.41, 5.74) is 3.41. The summed E-state index contributed by atoms with van der Waals surface area (Å²) in [6.45, 7) is 3.58. The van der Waals surface area contributed by atoms with Crippen LogP contribution >= 0.6 is 15.9 Å². The number of rotatable bonds is 3. The number of nitrogens with zero attached hydrogens (tertiary/aromatic N) is 1. The van der Waals surface area contributed by atoms with Crippen molar-refractivity contribution in [2.75, 3.05) is 5.32 Å². The van der Waals surface area contributed by atoms with E-state index in [4.69, 9.17) is 5.21 Å². The van der Waals surface area contributed by atoms with Crippen LogP contribution in [0, 0.1) is 6.92 Å². The van der Waals surface area contributed by atoms with Crippen molar-refractivity contribution in [1.82, 2.24) is 0 Å². The second-order valence-electron chi connectivity index (χ2n) is 4.68. The number of nitrogens with one attached hydrogen (secondary N) is 1. The lowest BCUT2D eigenvalue weighted by atomic mass is 10.1. The number of anilines is 1. The summed E-state index contributed by atoms with van der Waals surface area (Å²) in [6.07, 6.45) is 0. The van der Waals surface area contributed by atoms with Crippen LogP contribution in [0.25, 0.3) is 0 Å². The number of hydrogen-bond donors (Lipinski definition) is 2. The standard InChI is InChI=1S/C16H15BrN2O2/c1-10-6-7-13(17)9-15(10)16(20)18-14-5-3-4-12(8-14)11(2)19-21/h3-9,21H,1-2H3,(H,18,20). The largest absolute Gasteiger partial charge is 0.411 e. The Balaban J connectivity index is 2.26. The van der Waals surface area contributed by atoms with E-state index in [1.165, 1.54) is 0 Å². The van der Waals surface area contributed by atoms with E-state index in [9.17, 15) is 4.79 Å². The van der Waals surface area contributed by atoms with E-state index >= 15 is 0 Å². The second kappa shape index (κ2) is 6.54. The highest BCUT2D eigenvalue weighted by Crippen LogP contribution is 2.18. The van der Waals surface area contributed by atoms with Crippen LogP contribution in [0.3, 0.4) is 0 Å². The maximum absolute atomic E-state index is 12.3. The van der Waals surface area contributed by atoms with Gasteiger partial charge in [0.2, 0.25) is 0 Å². The Morgan fingerprint density at radius 3 is 2.71 bits per heavy atom. The molecule has 108 valence electrons. The molecule has 0 radical (unpaired) electrons. The van der Waals surface area contributed by atoms with E-state index in [0.29, 0.717) is 17.0 Å². The number of hydrogen-bond acceptors (Lipinski definition) is 3. The first-order chi connectivity index (χ1) is 10.0. The topological polar surface area (TPSA) is 61.7 Å². The molecule has 1 amide bonds. The number of carbonyl (C=O) groups excluding carboxylic acids is 1. The predicted octanol–water partition coefficient (Wildman–Crippen LogP) is 4.21. The molecule has 2 N–H and O–H groups in total. The molecule has 4 nitrogen and oxygen atoms in total. The van der Waals surface area contributed by atoms with Crippen LogP contribution < -0.4 is 5.32 Å². The van der Waals surface area contributed by atoms with E-state index in [0.717, 1.165) is 15.6 Å². The first-order valence-corrected chi connectivity index (χ1v) is 7.17. The Morgan fingerprint density at radius 1 is 1.24 bits per heavy atom. The van der Waals surface area contributed by atoms with E-state index in [1.54, 1.807) is 31.2 Å². The van der Waals surface area contributed by atoms with Gasteiger partial charge in [-0.05, 0) is 43.7 Å². The average molecular weight is 347 g/mol. The SMILES string of the molecule is CC(=NO)c1cccc(NC(=O)c2cc(Br)ccc2C)c1. The number of benzene rings is 2. The monoisotopic (exact) mass is 346 g/mol. The molecule has 21 heavy (non-hydrogen) atoms. The summed E-state index contributed by atoms with van der Waals surface area (Å²) in [5.74, 6) is -0.176. The third kappa shape index (κ3) is 3.70. The third-order valence-electron chi connectivity index (χ3n) is 3.13. The molecule has 0 saturated heterocycles. The molecule has 5 heteroatoms. The molecule has 0 unspecified atom stereocenters. The minimum Gasteiger partial charge on any atom is -0.411 e. The Bertz CT molecular complexity index is 711. The van der Waals surface area contributed by atoms with Gasteiger partial charge in [0.05, 0.1) is 5.71 Å². The molecule has 0 fully saturated rings. The van der Waals surface area contributed by atoms with Crippen LogP contribution in [0.2, 0.25) is 0 Å². The van der Waals surface area contributed by atoms with Gasteiger partial charge >= 0.3 is 0 Å². The average Bonchev–Trinajstić information content (AvgIpc) is 2.49. The highest BCUT2D eigenvalue weighted by atomic mass is 79.9. The van der Waals surface area contributed by atoms with Gasteiger partial charge in [0.15, 0.2) is 0 Å². The molecule has 0 spiro atoms. The van der Waals surface area contributed by atoms with Crippen LogP contribution in [0.15, 0.2) is 52.1 Å². The van der Waals surface area contributed by atoms with Gasteiger partial charge in [-0.3, -0.25) is 4.79 Å². The number of halogens is 1. The molecule has 0 atom stereocenters. The van der Waals surface area contributed by atoms with E-state index in [2.05, 4.69) is 26.4 Å². The maximum atomic E-state index is 12.3. The van der Waals surface area contributed by atoms with Gasteiger partial charge < -0.3 is 10.5 Å². The Morgan fingerprint density at radius 2 is 2.00 bits per heavy atom. The molecule has 0 bridgehead atoms. The van der Waals surface area contributed by atoms with Crippen molar-refractivity contribution in [3.63, 3.8) is 0 Å². The molecule has 0 aromatic heterocycles. The van der Waals surface area contributed by atoms with Gasteiger partial charge in [-0.1, -0.05) is 39.3 Å². The molecule has 0 aliphatic rings. The second-order valence-corrected chi connectivity index (χ2v) is 5.60. The van der Waals surface area contributed by atoms with Crippen molar-refractivity contribution in [1.29, 1.82) is 0 Å². The molecule has 0 heterocycles. The minimum atomic E-state index is -0.176. The summed E-state index contributed by atoms with van der Waals surface area (Å²) in [5, 5.41) is 14.8. The molecular weight excluding hydrogens is 332 g/mol. The highest BCUT2D eigenvalue weighted by molar-refractivity contribution is 9.10. The van der Waals surface area contributed by atoms with E-state index < -0.39 is 0 Å². The smallest absolute Gasteiger partial charge is 0.255 e. The van der Waals surface area contributed by atoms with Gasteiger partial charge in [-0.2, -0.15) is 0 Å². The van der Waals surface area contributed by atoms with Gasteiger partial charge in [0.25, 0.3) is 5.91 Å². The van der Waals surface area contributed by atoms with Gasteiger partial charge in [0.1, 0.15) is 0 Å². The first-order valence-electron chi connectivity index (χ1n) is 6.38. The quantitative estimate of drug-likeness (QED) is 0.496. The summed E-state index contributed by atoms with van der Waals surface area (Å²) in [6, 6.07) is 12.7. The van der Waals surface area contributed by atoms with Crippen LogP contribution in [-0.4, -0.2) is 16.8 Å². The predicted molar refractivity (Wildman–Crippen MR) is 87.3 cm³/mol. The van der Waals surface area contributed by atoms with E-state index in [1.807, 2.05) is 25.1 Å². The summed E-state index contributed by atoms with van der Waals surface area (Å²) in [4.78, 5) is 12.3. The summed E-state index contributed by atoms with van der Waals surface area (Å²) in [7, 11) is 0. The zero-order chi connectivity index (χ0) is 15.4. The Kier molecular flexibility index (Phi) is 4.75. The molecular formula is C16H15BrN2O2. The fourth-order valence-corrected chi connectivity index (χ4v) is 2.28. The lowest BCUT2D eigenvalue weighted by Crippen LogP contribution is -2.13. The van der Waals surface area contributed by atoms with Crippen molar-refractivity contribution in [2.45, 2.75) is 13.8 Å². The molecule has 0 saturated carbocycles. The normalized spacial score (nSPS) is 11.3.